The second-order valence-corrected chi connectivity index (χ2v) is 5.45. The van der Waals surface area contributed by atoms with Crippen LogP contribution in [0.2, 0.25) is 5.02 Å². The molecule has 0 bridgehead atoms. The summed E-state index contributed by atoms with van der Waals surface area (Å²) in [5, 5.41) is 19.4. The van der Waals surface area contributed by atoms with Crippen molar-refractivity contribution >= 4 is 17.3 Å². The van der Waals surface area contributed by atoms with Gasteiger partial charge in [-0.15, -0.1) is 0 Å². The molecule has 19 heavy (non-hydrogen) atoms. The quantitative estimate of drug-likeness (QED) is 0.892. The average Bonchev–Trinajstić information content (AvgIpc) is 2.37. The van der Waals surface area contributed by atoms with Gasteiger partial charge in [-0.25, -0.2) is 0 Å². The molecule has 1 fully saturated rings. The van der Waals surface area contributed by atoms with Crippen molar-refractivity contribution in [1.82, 2.24) is 0 Å². The molecule has 0 aliphatic carbocycles. The van der Waals surface area contributed by atoms with Crippen LogP contribution in [0.4, 0.5) is 5.69 Å². The number of hydrogen-bond donors (Lipinski definition) is 2. The van der Waals surface area contributed by atoms with Crippen LogP contribution in [0.5, 0.6) is 0 Å². The molecule has 0 saturated carbocycles. The maximum Gasteiger partial charge on any atom is 0.0984 e. The molecule has 1 aromatic rings. The summed E-state index contributed by atoms with van der Waals surface area (Å²) in [6.45, 7) is 5.06. The molecule has 106 valence electrons. The van der Waals surface area contributed by atoms with Crippen LogP contribution in [0.1, 0.15) is 25.5 Å². The fraction of sp³-hybridized carbons (Fsp3) is 0.571. The number of aliphatic hydroxyl groups excluding tert-OH is 2. The Hall–Kier alpha value is -0.810. The van der Waals surface area contributed by atoms with Crippen molar-refractivity contribution in [3.05, 3.63) is 28.8 Å². The third-order valence-corrected chi connectivity index (χ3v) is 3.63. The maximum absolute atomic E-state index is 9.55. The van der Waals surface area contributed by atoms with Crippen LogP contribution in [0, 0.1) is 0 Å². The van der Waals surface area contributed by atoms with Gasteiger partial charge in [0.05, 0.1) is 35.6 Å². The van der Waals surface area contributed by atoms with E-state index in [-0.39, 0.29) is 18.8 Å². The molecule has 4 nitrogen and oxygen atoms in total. The van der Waals surface area contributed by atoms with Gasteiger partial charge in [0.25, 0.3) is 0 Å². The topological polar surface area (TPSA) is 52.9 Å². The molecule has 0 amide bonds. The SMILES string of the molecule is CC1CN(c2ccc([C@@H](C)O)cc2Cl)CC(CO)O1. The molecule has 2 rings (SSSR count). The standard InChI is InChI=1S/C14H20ClNO3/c1-9-6-16(7-12(8-17)19-9)14-4-3-11(10(2)18)5-13(14)15/h3-5,9-10,12,17-18H,6-8H2,1-2H3/t9?,10-,12?/m1/s1. The van der Waals surface area contributed by atoms with Crippen molar-refractivity contribution in [2.24, 2.45) is 0 Å². The third-order valence-electron chi connectivity index (χ3n) is 3.32. The summed E-state index contributed by atoms with van der Waals surface area (Å²) in [6.07, 6.45) is -0.657. The van der Waals surface area contributed by atoms with Crippen LogP contribution in [0.15, 0.2) is 18.2 Å². The lowest BCUT2D eigenvalue weighted by atomic mass is 10.1. The van der Waals surface area contributed by atoms with E-state index in [1.807, 2.05) is 19.1 Å². The van der Waals surface area contributed by atoms with E-state index in [1.54, 1.807) is 13.0 Å². The fourth-order valence-corrected chi connectivity index (χ4v) is 2.69. The summed E-state index contributed by atoms with van der Waals surface area (Å²) in [4.78, 5) is 2.11. The van der Waals surface area contributed by atoms with Crippen molar-refractivity contribution < 1.29 is 14.9 Å². The molecule has 3 atom stereocenters. The molecule has 0 radical (unpaired) electrons. The lowest BCUT2D eigenvalue weighted by Gasteiger charge is -2.38. The first-order valence-corrected chi connectivity index (χ1v) is 6.87. The van der Waals surface area contributed by atoms with Crippen molar-refractivity contribution in [2.75, 3.05) is 24.6 Å². The van der Waals surface area contributed by atoms with Crippen molar-refractivity contribution in [3.8, 4) is 0 Å². The van der Waals surface area contributed by atoms with Crippen LogP contribution >= 0.6 is 11.6 Å². The first-order valence-electron chi connectivity index (χ1n) is 6.50. The first kappa shape index (κ1) is 14.6. The predicted molar refractivity (Wildman–Crippen MR) is 75.7 cm³/mol. The fourth-order valence-electron chi connectivity index (χ4n) is 2.38. The summed E-state index contributed by atoms with van der Waals surface area (Å²) in [7, 11) is 0. The summed E-state index contributed by atoms with van der Waals surface area (Å²) in [5.74, 6) is 0. The lowest BCUT2D eigenvalue weighted by molar-refractivity contribution is -0.0421. The van der Waals surface area contributed by atoms with Crippen molar-refractivity contribution in [3.63, 3.8) is 0 Å². The lowest BCUT2D eigenvalue weighted by Crippen LogP contribution is -2.48. The van der Waals surface area contributed by atoms with E-state index in [9.17, 15) is 10.2 Å². The van der Waals surface area contributed by atoms with Crippen LogP contribution in [0.25, 0.3) is 0 Å². The van der Waals surface area contributed by atoms with Gasteiger partial charge in [-0.05, 0) is 31.5 Å². The highest BCUT2D eigenvalue weighted by molar-refractivity contribution is 6.33. The van der Waals surface area contributed by atoms with E-state index in [0.29, 0.717) is 11.6 Å². The number of benzene rings is 1. The molecule has 1 heterocycles. The number of aliphatic hydroxyl groups is 2. The molecule has 1 saturated heterocycles. The van der Waals surface area contributed by atoms with Gasteiger partial charge in [-0.2, -0.15) is 0 Å². The van der Waals surface area contributed by atoms with E-state index in [0.717, 1.165) is 17.8 Å². The van der Waals surface area contributed by atoms with E-state index in [1.165, 1.54) is 0 Å². The van der Waals surface area contributed by atoms with E-state index < -0.39 is 6.10 Å². The largest absolute Gasteiger partial charge is 0.394 e. The summed E-state index contributed by atoms with van der Waals surface area (Å²) in [6, 6.07) is 5.58. The van der Waals surface area contributed by atoms with Gasteiger partial charge >= 0.3 is 0 Å². The minimum absolute atomic E-state index is 0.00418. The predicted octanol–water partition coefficient (Wildman–Crippen LogP) is 1.98. The molecule has 2 unspecified atom stereocenters. The zero-order valence-corrected chi connectivity index (χ0v) is 12.0. The minimum atomic E-state index is -0.527. The second-order valence-electron chi connectivity index (χ2n) is 5.04. The van der Waals surface area contributed by atoms with E-state index in [4.69, 9.17) is 16.3 Å². The highest BCUT2D eigenvalue weighted by atomic mass is 35.5. The number of morpholine rings is 1. The molecule has 0 aromatic heterocycles. The van der Waals surface area contributed by atoms with Crippen LogP contribution < -0.4 is 4.90 Å². The Kier molecular flexibility index (Phi) is 4.68. The number of rotatable bonds is 3. The van der Waals surface area contributed by atoms with Gasteiger partial charge in [-0.3, -0.25) is 0 Å². The van der Waals surface area contributed by atoms with Crippen molar-refractivity contribution in [1.29, 1.82) is 0 Å². The molecule has 1 aliphatic heterocycles. The molecule has 5 heteroatoms. The minimum Gasteiger partial charge on any atom is -0.394 e. The van der Waals surface area contributed by atoms with Crippen LogP contribution in [-0.2, 0) is 4.74 Å². The number of halogens is 1. The van der Waals surface area contributed by atoms with Gasteiger partial charge in [-0.1, -0.05) is 17.7 Å². The summed E-state index contributed by atoms with van der Waals surface area (Å²) >= 11 is 6.29. The molecular formula is C14H20ClNO3. The monoisotopic (exact) mass is 285 g/mol. The van der Waals surface area contributed by atoms with Crippen LogP contribution in [0.3, 0.4) is 0 Å². The Labute approximate surface area is 118 Å². The first-order chi connectivity index (χ1) is 9.01. The second kappa shape index (κ2) is 6.09. The average molecular weight is 286 g/mol. The van der Waals surface area contributed by atoms with E-state index >= 15 is 0 Å². The Morgan fingerprint density at radius 2 is 2.21 bits per heavy atom. The third kappa shape index (κ3) is 3.39. The van der Waals surface area contributed by atoms with Crippen LogP contribution in [-0.4, -0.2) is 42.1 Å². The Morgan fingerprint density at radius 1 is 1.47 bits per heavy atom. The smallest absolute Gasteiger partial charge is 0.0984 e. The molecule has 0 spiro atoms. The number of anilines is 1. The zero-order chi connectivity index (χ0) is 14.0. The number of hydrogen-bond acceptors (Lipinski definition) is 4. The molecular weight excluding hydrogens is 266 g/mol. The normalized spacial score (nSPS) is 25.4. The molecule has 2 N–H and O–H groups in total. The van der Waals surface area contributed by atoms with Gasteiger partial charge in [0.2, 0.25) is 0 Å². The summed E-state index contributed by atoms with van der Waals surface area (Å²) in [5.41, 5.74) is 1.72. The summed E-state index contributed by atoms with van der Waals surface area (Å²) < 4.78 is 5.61. The van der Waals surface area contributed by atoms with Gasteiger partial charge in [0, 0.05) is 13.1 Å². The van der Waals surface area contributed by atoms with E-state index in [2.05, 4.69) is 4.90 Å². The zero-order valence-electron chi connectivity index (χ0n) is 11.2. The number of ether oxygens (including phenoxy) is 1. The van der Waals surface area contributed by atoms with Crippen molar-refractivity contribution in [2.45, 2.75) is 32.2 Å². The Bertz CT molecular complexity index is 439. The Balaban J connectivity index is 2.21. The Morgan fingerprint density at radius 3 is 2.79 bits per heavy atom. The van der Waals surface area contributed by atoms with Gasteiger partial charge in [0.15, 0.2) is 0 Å². The van der Waals surface area contributed by atoms with Gasteiger partial charge < -0.3 is 19.8 Å². The highest BCUT2D eigenvalue weighted by Gasteiger charge is 2.26. The highest BCUT2D eigenvalue weighted by Crippen LogP contribution is 2.31. The molecule has 1 aliphatic rings. The maximum atomic E-state index is 9.55. The molecule has 1 aromatic carbocycles. The number of nitrogens with zero attached hydrogens (tertiary/aromatic N) is 1. The van der Waals surface area contributed by atoms with Gasteiger partial charge in [0.1, 0.15) is 0 Å².